The van der Waals surface area contributed by atoms with Gasteiger partial charge in [0.05, 0.1) is 4.90 Å². The van der Waals surface area contributed by atoms with E-state index in [0.717, 1.165) is 16.5 Å². The van der Waals surface area contributed by atoms with Crippen molar-refractivity contribution in [2.24, 2.45) is 0 Å². The molecule has 2 aromatic carbocycles. The van der Waals surface area contributed by atoms with Gasteiger partial charge in [-0.15, -0.1) is 0 Å². The maximum atomic E-state index is 12.4. The molecule has 0 aliphatic carbocycles. The highest BCUT2D eigenvalue weighted by Gasteiger charge is 2.16. The van der Waals surface area contributed by atoms with Gasteiger partial charge in [-0.2, -0.15) is 0 Å². The predicted molar refractivity (Wildman–Crippen MR) is 80.3 cm³/mol. The zero-order valence-corrected chi connectivity index (χ0v) is 11.7. The summed E-state index contributed by atoms with van der Waals surface area (Å²) in [6, 6.07) is 14.2. The molecule has 3 aromatic rings. The summed E-state index contributed by atoms with van der Waals surface area (Å²) in [6.07, 6.45) is 1.82. The Balaban J connectivity index is 1.99. The SMILES string of the molecule is Cc1ccccc1S(=O)(=O)Nc1ccc2[nH]ccc2c1. The summed E-state index contributed by atoms with van der Waals surface area (Å²) < 4.78 is 27.4. The van der Waals surface area contributed by atoms with Crippen LogP contribution in [0.3, 0.4) is 0 Å². The van der Waals surface area contributed by atoms with Crippen LogP contribution >= 0.6 is 0 Å². The molecular weight excluding hydrogens is 272 g/mol. The largest absolute Gasteiger partial charge is 0.361 e. The van der Waals surface area contributed by atoms with Gasteiger partial charge in [-0.25, -0.2) is 8.42 Å². The number of hydrogen-bond acceptors (Lipinski definition) is 2. The average Bonchev–Trinajstić information content (AvgIpc) is 2.86. The van der Waals surface area contributed by atoms with Crippen LogP contribution < -0.4 is 4.72 Å². The molecule has 0 spiro atoms. The van der Waals surface area contributed by atoms with Crippen LogP contribution in [0.25, 0.3) is 10.9 Å². The van der Waals surface area contributed by atoms with Crippen LogP contribution in [-0.4, -0.2) is 13.4 Å². The monoisotopic (exact) mass is 286 g/mol. The topological polar surface area (TPSA) is 62.0 Å². The minimum absolute atomic E-state index is 0.300. The summed E-state index contributed by atoms with van der Waals surface area (Å²) in [4.78, 5) is 3.37. The third kappa shape index (κ3) is 2.28. The summed E-state index contributed by atoms with van der Waals surface area (Å²) in [6.45, 7) is 1.78. The molecule has 0 atom stereocenters. The number of aromatic amines is 1. The summed E-state index contributed by atoms with van der Waals surface area (Å²) in [7, 11) is -3.56. The van der Waals surface area contributed by atoms with E-state index in [0.29, 0.717) is 10.6 Å². The van der Waals surface area contributed by atoms with Gasteiger partial charge in [0.25, 0.3) is 10.0 Å². The first-order chi connectivity index (χ1) is 9.56. The average molecular weight is 286 g/mol. The van der Waals surface area contributed by atoms with Crippen LogP contribution in [0.2, 0.25) is 0 Å². The van der Waals surface area contributed by atoms with Gasteiger partial charge in [-0.05, 0) is 42.8 Å². The van der Waals surface area contributed by atoms with E-state index in [1.807, 2.05) is 30.5 Å². The third-order valence-corrected chi connectivity index (χ3v) is 4.73. The fourth-order valence-corrected chi connectivity index (χ4v) is 3.48. The van der Waals surface area contributed by atoms with E-state index in [1.165, 1.54) is 0 Å². The van der Waals surface area contributed by atoms with Gasteiger partial charge in [0.1, 0.15) is 0 Å². The fraction of sp³-hybridized carbons (Fsp3) is 0.0667. The molecule has 0 fully saturated rings. The second-order valence-corrected chi connectivity index (χ2v) is 6.30. The maximum absolute atomic E-state index is 12.4. The second-order valence-electron chi connectivity index (χ2n) is 4.65. The quantitative estimate of drug-likeness (QED) is 0.776. The van der Waals surface area contributed by atoms with E-state index >= 15 is 0 Å². The Labute approximate surface area is 117 Å². The Kier molecular flexibility index (Phi) is 2.99. The predicted octanol–water partition coefficient (Wildman–Crippen LogP) is 3.28. The van der Waals surface area contributed by atoms with E-state index in [2.05, 4.69) is 9.71 Å². The number of nitrogens with one attached hydrogen (secondary N) is 2. The summed E-state index contributed by atoms with van der Waals surface area (Å²) in [5, 5.41) is 0.968. The standard InChI is InChI=1S/C15H14N2O2S/c1-11-4-2-3-5-15(11)20(18,19)17-13-6-7-14-12(10-13)8-9-16-14/h2-10,16-17H,1H3. The molecule has 0 unspecified atom stereocenters. The minimum Gasteiger partial charge on any atom is -0.361 e. The Morgan fingerprint density at radius 3 is 2.65 bits per heavy atom. The molecule has 0 saturated heterocycles. The number of aryl methyl sites for hydroxylation is 1. The molecule has 0 aliphatic rings. The van der Waals surface area contributed by atoms with E-state index in [1.54, 1.807) is 31.2 Å². The van der Waals surface area contributed by atoms with Crippen molar-refractivity contribution in [1.29, 1.82) is 0 Å². The van der Waals surface area contributed by atoms with Gasteiger partial charge >= 0.3 is 0 Å². The van der Waals surface area contributed by atoms with Crippen molar-refractivity contribution in [1.82, 2.24) is 4.98 Å². The van der Waals surface area contributed by atoms with Gasteiger partial charge in [0, 0.05) is 22.8 Å². The molecule has 20 heavy (non-hydrogen) atoms. The van der Waals surface area contributed by atoms with Crippen LogP contribution in [-0.2, 0) is 10.0 Å². The van der Waals surface area contributed by atoms with Crippen LogP contribution in [0.15, 0.2) is 59.6 Å². The first-order valence-electron chi connectivity index (χ1n) is 6.22. The molecule has 0 bridgehead atoms. The maximum Gasteiger partial charge on any atom is 0.262 e. The molecule has 0 amide bonds. The lowest BCUT2D eigenvalue weighted by Gasteiger charge is -2.10. The minimum atomic E-state index is -3.56. The van der Waals surface area contributed by atoms with Crippen molar-refractivity contribution >= 4 is 26.6 Å². The van der Waals surface area contributed by atoms with Crippen molar-refractivity contribution < 1.29 is 8.42 Å². The lowest BCUT2D eigenvalue weighted by molar-refractivity contribution is 0.600. The molecule has 5 heteroatoms. The number of aromatic nitrogens is 1. The molecule has 1 aromatic heterocycles. The molecule has 0 radical (unpaired) electrons. The number of benzene rings is 2. The normalized spacial score (nSPS) is 11.7. The van der Waals surface area contributed by atoms with Crippen molar-refractivity contribution in [3.8, 4) is 0 Å². The molecule has 0 saturated carbocycles. The molecule has 102 valence electrons. The Morgan fingerprint density at radius 1 is 1.05 bits per heavy atom. The lowest BCUT2D eigenvalue weighted by atomic mass is 10.2. The summed E-state index contributed by atoms with van der Waals surface area (Å²) >= 11 is 0. The van der Waals surface area contributed by atoms with Crippen LogP contribution in [0.4, 0.5) is 5.69 Å². The molecule has 2 N–H and O–H groups in total. The van der Waals surface area contributed by atoms with E-state index in [9.17, 15) is 8.42 Å². The van der Waals surface area contributed by atoms with Gasteiger partial charge in [-0.3, -0.25) is 4.72 Å². The van der Waals surface area contributed by atoms with E-state index < -0.39 is 10.0 Å². The van der Waals surface area contributed by atoms with Crippen molar-refractivity contribution in [2.45, 2.75) is 11.8 Å². The lowest BCUT2D eigenvalue weighted by Crippen LogP contribution is -2.14. The summed E-state index contributed by atoms with van der Waals surface area (Å²) in [5.74, 6) is 0. The Bertz CT molecular complexity index is 866. The van der Waals surface area contributed by atoms with Crippen LogP contribution in [0, 0.1) is 6.92 Å². The van der Waals surface area contributed by atoms with Crippen molar-refractivity contribution in [2.75, 3.05) is 4.72 Å². The van der Waals surface area contributed by atoms with Gasteiger partial charge in [0.15, 0.2) is 0 Å². The van der Waals surface area contributed by atoms with E-state index in [-0.39, 0.29) is 0 Å². The van der Waals surface area contributed by atoms with Gasteiger partial charge in [-0.1, -0.05) is 18.2 Å². The number of fused-ring (bicyclic) bond motifs is 1. The Morgan fingerprint density at radius 2 is 1.85 bits per heavy atom. The molecule has 4 nitrogen and oxygen atoms in total. The number of hydrogen-bond donors (Lipinski definition) is 2. The zero-order valence-electron chi connectivity index (χ0n) is 10.9. The summed E-state index contributed by atoms with van der Waals surface area (Å²) in [5.41, 5.74) is 2.26. The fourth-order valence-electron chi connectivity index (χ4n) is 2.18. The first kappa shape index (κ1) is 12.7. The number of H-pyrrole nitrogens is 1. The van der Waals surface area contributed by atoms with E-state index in [4.69, 9.17) is 0 Å². The molecule has 0 aliphatic heterocycles. The number of anilines is 1. The first-order valence-corrected chi connectivity index (χ1v) is 7.70. The zero-order chi connectivity index (χ0) is 14.2. The smallest absolute Gasteiger partial charge is 0.262 e. The van der Waals surface area contributed by atoms with Crippen LogP contribution in [0.5, 0.6) is 0 Å². The second kappa shape index (κ2) is 4.68. The van der Waals surface area contributed by atoms with Crippen LogP contribution in [0.1, 0.15) is 5.56 Å². The number of rotatable bonds is 3. The Hall–Kier alpha value is -2.27. The van der Waals surface area contributed by atoms with Gasteiger partial charge in [0.2, 0.25) is 0 Å². The molecular formula is C15H14N2O2S. The van der Waals surface area contributed by atoms with Crippen molar-refractivity contribution in [3.63, 3.8) is 0 Å². The number of sulfonamides is 1. The molecule has 1 heterocycles. The third-order valence-electron chi connectivity index (χ3n) is 3.19. The van der Waals surface area contributed by atoms with Crippen molar-refractivity contribution in [3.05, 3.63) is 60.3 Å². The highest BCUT2D eigenvalue weighted by atomic mass is 32.2. The highest BCUT2D eigenvalue weighted by molar-refractivity contribution is 7.92. The van der Waals surface area contributed by atoms with Gasteiger partial charge < -0.3 is 4.98 Å². The highest BCUT2D eigenvalue weighted by Crippen LogP contribution is 2.22. The molecule has 3 rings (SSSR count).